The van der Waals surface area contributed by atoms with Crippen LogP contribution in [0.3, 0.4) is 0 Å². The number of piperidine rings is 2. The highest BCUT2D eigenvalue weighted by atomic mass is 35.5. The van der Waals surface area contributed by atoms with Gasteiger partial charge in [-0.15, -0.1) is 12.4 Å². The van der Waals surface area contributed by atoms with Crippen LogP contribution in [0.25, 0.3) is 0 Å². The summed E-state index contributed by atoms with van der Waals surface area (Å²) in [5.41, 5.74) is 0.905. The lowest BCUT2D eigenvalue weighted by Gasteiger charge is -2.30. The van der Waals surface area contributed by atoms with E-state index in [0.29, 0.717) is 49.8 Å². The topological polar surface area (TPSA) is 247 Å². The lowest BCUT2D eigenvalue weighted by molar-refractivity contribution is 0.0301. The summed E-state index contributed by atoms with van der Waals surface area (Å²) >= 11 is 0. The number of nitrogens with zero attached hydrogens (tertiary/aromatic N) is 6. The molecule has 1 amide bonds. The molecular formula is C24H54ClN11O3. The van der Waals surface area contributed by atoms with E-state index >= 15 is 0 Å². The number of amides is 1. The molecule has 15 heteroatoms. The first-order valence-electron chi connectivity index (χ1n) is 12.4. The SMILES string of the molecule is Cl.N.N.N.N.O=C(c1ccc(Nc2nc(N3CCCCC3)nc(N3CCCCC3)n2)cc1O)N1CCOCC1.[HH].[HH].[HH].[HH]. The molecule has 0 spiro atoms. The molecule has 0 saturated carbocycles. The van der Waals surface area contributed by atoms with Crippen LogP contribution in [0.15, 0.2) is 18.2 Å². The van der Waals surface area contributed by atoms with E-state index in [0.717, 1.165) is 51.9 Å². The summed E-state index contributed by atoms with van der Waals surface area (Å²) in [6, 6.07) is 4.98. The molecule has 14 N–H and O–H groups in total. The molecule has 0 atom stereocenters. The van der Waals surface area contributed by atoms with Crippen LogP contribution in [-0.2, 0) is 4.74 Å². The molecule has 1 aromatic heterocycles. The van der Waals surface area contributed by atoms with Crippen LogP contribution in [-0.4, -0.2) is 83.3 Å². The van der Waals surface area contributed by atoms with Gasteiger partial charge >= 0.3 is 0 Å². The fourth-order valence-electron chi connectivity index (χ4n) is 4.74. The summed E-state index contributed by atoms with van der Waals surface area (Å²) in [6.07, 6.45) is 7.03. The summed E-state index contributed by atoms with van der Waals surface area (Å²) < 4.78 is 5.32. The zero-order valence-electron chi connectivity index (χ0n) is 22.8. The largest absolute Gasteiger partial charge is 0.507 e. The summed E-state index contributed by atoms with van der Waals surface area (Å²) in [7, 11) is 0. The highest BCUT2D eigenvalue weighted by Gasteiger charge is 2.23. The highest BCUT2D eigenvalue weighted by Crippen LogP contribution is 2.27. The predicted octanol–water partition coefficient (Wildman–Crippen LogP) is 4.83. The lowest BCUT2D eigenvalue weighted by Crippen LogP contribution is -2.40. The van der Waals surface area contributed by atoms with E-state index < -0.39 is 0 Å². The molecule has 14 nitrogen and oxygen atoms in total. The fourth-order valence-corrected chi connectivity index (χ4v) is 4.74. The molecule has 0 aliphatic carbocycles. The maximum absolute atomic E-state index is 12.8. The van der Waals surface area contributed by atoms with Crippen LogP contribution in [0, 0.1) is 0 Å². The summed E-state index contributed by atoms with van der Waals surface area (Å²) in [4.78, 5) is 33.1. The van der Waals surface area contributed by atoms with Crippen molar-refractivity contribution in [1.82, 2.24) is 44.5 Å². The Bertz CT molecular complexity index is 998. The first-order chi connectivity index (χ1) is 16.7. The van der Waals surface area contributed by atoms with E-state index in [9.17, 15) is 9.90 Å². The third kappa shape index (κ3) is 8.74. The van der Waals surface area contributed by atoms with Gasteiger partial charge in [0.1, 0.15) is 5.75 Å². The maximum atomic E-state index is 12.8. The van der Waals surface area contributed by atoms with Gasteiger partial charge in [-0.25, -0.2) is 0 Å². The zero-order chi connectivity index (χ0) is 23.3. The van der Waals surface area contributed by atoms with Crippen molar-refractivity contribution in [3.63, 3.8) is 0 Å². The monoisotopic (exact) mass is 579 g/mol. The molecule has 1 aromatic carbocycles. The average Bonchev–Trinajstić information content (AvgIpc) is 2.90. The van der Waals surface area contributed by atoms with Gasteiger partial charge in [-0.05, 0) is 50.7 Å². The van der Waals surface area contributed by atoms with Crippen molar-refractivity contribution in [3.8, 4) is 5.75 Å². The number of carbonyl (C=O) groups is 1. The van der Waals surface area contributed by atoms with Gasteiger partial charge in [0.05, 0.1) is 18.8 Å². The second-order valence-electron chi connectivity index (χ2n) is 9.12. The molecule has 2 aromatic rings. The molecule has 39 heavy (non-hydrogen) atoms. The van der Waals surface area contributed by atoms with E-state index in [1.165, 1.54) is 12.8 Å². The fraction of sp³-hybridized carbons (Fsp3) is 0.583. The number of hydrogen-bond acceptors (Lipinski definition) is 13. The molecule has 5 rings (SSSR count). The Balaban J connectivity index is -0.000000535. The van der Waals surface area contributed by atoms with Gasteiger partial charge in [-0.3, -0.25) is 4.79 Å². The standard InChI is InChI=1S/C24H33N7O3.ClH.4H3N.4H2/c32-20-17-18(7-8-19(20)21(33)29-13-15-34-16-14-29)25-22-26-23(30-9-3-1-4-10-30)28-24(27-22)31-11-5-2-6-12-31;;;;;;;;;/h7-8,17,32H,1-6,9-16H2,(H,25,26,27,28);1H;4*1H3;4*1H. The lowest BCUT2D eigenvalue weighted by atomic mass is 10.1. The van der Waals surface area contributed by atoms with Crippen molar-refractivity contribution >= 4 is 41.8 Å². The molecule has 3 aliphatic heterocycles. The van der Waals surface area contributed by atoms with Crippen LogP contribution in [0.1, 0.15) is 54.6 Å². The Kier molecular flexibility index (Phi) is 15.5. The van der Waals surface area contributed by atoms with Gasteiger partial charge in [0.15, 0.2) is 0 Å². The Morgan fingerprint density at radius 2 is 1.31 bits per heavy atom. The van der Waals surface area contributed by atoms with Gasteiger partial charge in [0, 0.05) is 56.7 Å². The number of rotatable bonds is 5. The molecule has 0 unspecified atom stereocenters. The quantitative estimate of drug-likeness (QED) is 0.278. The number of nitrogens with one attached hydrogen (secondary N) is 1. The zero-order valence-corrected chi connectivity index (χ0v) is 23.6. The van der Waals surface area contributed by atoms with Crippen molar-refractivity contribution in [2.75, 3.05) is 67.6 Å². The first-order valence-corrected chi connectivity index (χ1v) is 12.4. The van der Waals surface area contributed by atoms with E-state index in [-0.39, 0.29) is 59.9 Å². The molecule has 3 saturated heterocycles. The molecule has 3 aliphatic rings. The smallest absolute Gasteiger partial charge is 0.257 e. The van der Waals surface area contributed by atoms with Crippen LogP contribution in [0.5, 0.6) is 5.75 Å². The van der Waals surface area contributed by atoms with Crippen LogP contribution in [0.2, 0.25) is 0 Å². The Morgan fingerprint density at radius 3 is 1.79 bits per heavy atom. The van der Waals surface area contributed by atoms with Gasteiger partial charge in [0.2, 0.25) is 17.8 Å². The van der Waals surface area contributed by atoms with Crippen molar-refractivity contribution in [1.29, 1.82) is 0 Å². The van der Waals surface area contributed by atoms with Crippen LogP contribution >= 0.6 is 12.4 Å². The second kappa shape index (κ2) is 16.8. The van der Waals surface area contributed by atoms with E-state index in [4.69, 9.17) is 19.7 Å². The number of anilines is 4. The average molecular weight is 580 g/mol. The van der Waals surface area contributed by atoms with Crippen molar-refractivity contribution in [2.24, 2.45) is 0 Å². The number of aromatic hydroxyl groups is 1. The number of phenols is 1. The van der Waals surface area contributed by atoms with Gasteiger partial charge in [-0.2, -0.15) is 15.0 Å². The minimum absolute atomic E-state index is 0. The molecule has 0 bridgehead atoms. The molecule has 0 radical (unpaired) electrons. The summed E-state index contributed by atoms with van der Waals surface area (Å²) in [5.74, 6) is 1.58. The van der Waals surface area contributed by atoms with E-state index in [1.54, 1.807) is 23.1 Å². The first kappa shape index (κ1) is 36.0. The second-order valence-corrected chi connectivity index (χ2v) is 9.12. The number of ether oxygens (including phenoxy) is 1. The number of morpholine rings is 1. The summed E-state index contributed by atoms with van der Waals surface area (Å²) in [5, 5.41) is 13.8. The van der Waals surface area contributed by atoms with Crippen LogP contribution in [0.4, 0.5) is 23.5 Å². The normalized spacial score (nSPS) is 16.8. The predicted molar refractivity (Wildman–Crippen MR) is 166 cm³/mol. The van der Waals surface area contributed by atoms with Gasteiger partial charge in [-0.1, -0.05) is 0 Å². The maximum Gasteiger partial charge on any atom is 0.257 e. The van der Waals surface area contributed by atoms with E-state index in [1.807, 2.05) is 0 Å². The highest BCUT2D eigenvalue weighted by molar-refractivity contribution is 5.97. The molecule has 4 heterocycles. The van der Waals surface area contributed by atoms with Crippen molar-refractivity contribution in [2.45, 2.75) is 38.5 Å². The molecular weight excluding hydrogens is 526 g/mol. The third-order valence-corrected chi connectivity index (χ3v) is 6.67. The van der Waals surface area contributed by atoms with Crippen molar-refractivity contribution < 1.29 is 20.3 Å². The van der Waals surface area contributed by atoms with Crippen molar-refractivity contribution in [3.05, 3.63) is 23.8 Å². The number of phenolic OH excluding ortho intramolecular Hbond substituents is 1. The minimum Gasteiger partial charge on any atom is -0.507 e. The number of aromatic nitrogens is 3. The third-order valence-electron chi connectivity index (χ3n) is 6.67. The number of halogens is 1. The molecule has 230 valence electrons. The van der Waals surface area contributed by atoms with E-state index in [2.05, 4.69) is 15.1 Å². The Labute approximate surface area is 242 Å². The Morgan fingerprint density at radius 1 is 0.795 bits per heavy atom. The van der Waals surface area contributed by atoms with Crippen LogP contribution < -0.4 is 39.7 Å². The number of hydrogen-bond donors (Lipinski definition) is 6. The Hall–Kier alpha value is -3.01. The van der Waals surface area contributed by atoms with Gasteiger partial charge in [0.25, 0.3) is 5.91 Å². The molecule has 3 fully saturated rings. The number of benzene rings is 1. The minimum atomic E-state index is -0.188. The summed E-state index contributed by atoms with van der Waals surface area (Å²) in [6.45, 7) is 5.88. The number of carbonyl (C=O) groups excluding carboxylic acids is 1. The van der Waals surface area contributed by atoms with Gasteiger partial charge < -0.3 is 54.5 Å².